The van der Waals surface area contributed by atoms with Gasteiger partial charge < -0.3 is 5.73 Å². The number of aliphatic imine (C=N–C) groups is 1. The molecule has 2 aliphatic rings. The molecule has 0 bridgehead atoms. The van der Waals surface area contributed by atoms with Crippen molar-refractivity contribution in [1.82, 2.24) is 4.31 Å². The number of piperidine rings is 1. The smallest absolute Gasteiger partial charge is 0.211 e. The lowest BCUT2D eigenvalue weighted by Crippen LogP contribution is -2.43. The minimum Gasteiger partial charge on any atom is -0.387 e. The van der Waals surface area contributed by atoms with Crippen LogP contribution in [-0.4, -0.2) is 43.4 Å². The second-order valence-corrected chi connectivity index (χ2v) is 8.06. The Kier molecular flexibility index (Phi) is 5.43. The molecule has 5 nitrogen and oxygen atoms in total. The fourth-order valence-corrected chi connectivity index (χ4v) is 4.56. The number of amidine groups is 1. The molecule has 2 unspecified atom stereocenters. The predicted octanol–water partition coefficient (Wildman–Crippen LogP) is 1.88. The van der Waals surface area contributed by atoms with Gasteiger partial charge in [-0.05, 0) is 38.5 Å². The van der Waals surface area contributed by atoms with Crippen LogP contribution >= 0.6 is 0 Å². The van der Waals surface area contributed by atoms with E-state index in [0.29, 0.717) is 12.6 Å². The Bertz CT molecular complexity index is 447. The third-order valence-electron chi connectivity index (χ3n) is 4.40. The van der Waals surface area contributed by atoms with Crippen molar-refractivity contribution in [2.45, 2.75) is 69.9 Å². The molecule has 2 rings (SSSR count). The van der Waals surface area contributed by atoms with Crippen molar-refractivity contribution < 1.29 is 8.42 Å². The summed E-state index contributed by atoms with van der Waals surface area (Å²) in [4.78, 5) is 4.57. The summed E-state index contributed by atoms with van der Waals surface area (Å²) in [6.07, 6.45) is 10.6. The molecule has 0 aromatic heterocycles. The molecule has 1 saturated heterocycles. The van der Waals surface area contributed by atoms with Gasteiger partial charge in [-0.3, -0.25) is 4.99 Å². The highest BCUT2D eigenvalue weighted by molar-refractivity contribution is 7.88. The molecule has 0 amide bonds. The zero-order valence-electron chi connectivity index (χ0n) is 12.4. The molecule has 2 heterocycles. The molecule has 20 heavy (non-hydrogen) atoms. The van der Waals surface area contributed by atoms with E-state index in [0.717, 1.165) is 57.2 Å². The first kappa shape index (κ1) is 15.8. The molecular formula is C14H27N3O2S. The van der Waals surface area contributed by atoms with Crippen LogP contribution < -0.4 is 5.73 Å². The average molecular weight is 301 g/mol. The van der Waals surface area contributed by atoms with Crippen LogP contribution in [0.2, 0.25) is 0 Å². The first-order valence-corrected chi connectivity index (χ1v) is 9.60. The van der Waals surface area contributed by atoms with Gasteiger partial charge >= 0.3 is 0 Å². The minimum absolute atomic E-state index is 0.165. The lowest BCUT2D eigenvalue weighted by Gasteiger charge is -2.34. The maximum absolute atomic E-state index is 11.8. The topological polar surface area (TPSA) is 75.8 Å². The van der Waals surface area contributed by atoms with Crippen molar-refractivity contribution in [3.8, 4) is 0 Å². The van der Waals surface area contributed by atoms with Gasteiger partial charge in [-0.25, -0.2) is 8.42 Å². The van der Waals surface area contributed by atoms with Gasteiger partial charge in [0.2, 0.25) is 10.0 Å². The van der Waals surface area contributed by atoms with Crippen LogP contribution in [0.4, 0.5) is 0 Å². The van der Waals surface area contributed by atoms with Gasteiger partial charge in [0.25, 0.3) is 0 Å². The third-order valence-corrected chi connectivity index (χ3v) is 5.73. The van der Waals surface area contributed by atoms with Crippen molar-refractivity contribution in [1.29, 1.82) is 0 Å². The SMILES string of the molecule is CS(=O)(=O)N1CCCCC1CCC1CCCCC(N)=N1. The van der Waals surface area contributed by atoms with Crippen molar-refractivity contribution in [3.05, 3.63) is 0 Å². The molecule has 1 fully saturated rings. The zero-order valence-corrected chi connectivity index (χ0v) is 13.2. The standard InChI is InChI=1S/C14H27N3O2S/c1-20(18,19)17-11-5-4-7-13(17)10-9-12-6-2-3-8-14(15)16-12/h12-13H,2-11H2,1H3,(H2,15,16). The first-order chi connectivity index (χ1) is 9.47. The Hall–Kier alpha value is -0.620. The Morgan fingerprint density at radius 3 is 2.70 bits per heavy atom. The summed E-state index contributed by atoms with van der Waals surface area (Å²) < 4.78 is 25.4. The van der Waals surface area contributed by atoms with Crippen LogP contribution in [0.25, 0.3) is 0 Å². The van der Waals surface area contributed by atoms with Gasteiger partial charge in [-0.15, -0.1) is 0 Å². The number of hydrogen-bond donors (Lipinski definition) is 1. The van der Waals surface area contributed by atoms with Gasteiger partial charge in [0.1, 0.15) is 0 Å². The van der Waals surface area contributed by atoms with Crippen molar-refractivity contribution >= 4 is 15.9 Å². The molecule has 0 aliphatic carbocycles. The Balaban J connectivity index is 1.92. The summed E-state index contributed by atoms with van der Waals surface area (Å²) in [7, 11) is -3.07. The molecule has 0 aromatic rings. The van der Waals surface area contributed by atoms with E-state index in [1.165, 1.54) is 12.7 Å². The first-order valence-electron chi connectivity index (χ1n) is 7.76. The highest BCUT2D eigenvalue weighted by Crippen LogP contribution is 2.26. The quantitative estimate of drug-likeness (QED) is 0.861. The zero-order chi connectivity index (χ0) is 14.6. The van der Waals surface area contributed by atoms with E-state index in [9.17, 15) is 8.42 Å². The fourth-order valence-electron chi connectivity index (χ4n) is 3.34. The highest BCUT2D eigenvalue weighted by Gasteiger charge is 2.29. The second kappa shape index (κ2) is 6.89. The van der Waals surface area contributed by atoms with E-state index in [-0.39, 0.29) is 6.04 Å². The maximum Gasteiger partial charge on any atom is 0.211 e. The molecule has 2 aliphatic heterocycles. The van der Waals surface area contributed by atoms with Gasteiger partial charge in [0.05, 0.1) is 18.1 Å². The predicted molar refractivity (Wildman–Crippen MR) is 82.3 cm³/mol. The van der Waals surface area contributed by atoms with E-state index in [2.05, 4.69) is 4.99 Å². The monoisotopic (exact) mass is 301 g/mol. The lowest BCUT2D eigenvalue weighted by molar-refractivity contribution is 0.234. The summed E-state index contributed by atoms with van der Waals surface area (Å²) in [5, 5.41) is 0. The molecule has 0 saturated carbocycles. The van der Waals surface area contributed by atoms with Gasteiger partial charge in [-0.1, -0.05) is 12.8 Å². The van der Waals surface area contributed by atoms with Crippen LogP contribution in [0.5, 0.6) is 0 Å². The summed E-state index contributed by atoms with van der Waals surface area (Å²) >= 11 is 0. The number of sulfonamides is 1. The van der Waals surface area contributed by atoms with E-state index < -0.39 is 10.0 Å². The number of hydrogen-bond acceptors (Lipinski definition) is 4. The van der Waals surface area contributed by atoms with E-state index in [1.54, 1.807) is 4.31 Å². The summed E-state index contributed by atoms with van der Waals surface area (Å²) in [6.45, 7) is 0.680. The molecule has 6 heteroatoms. The molecule has 0 radical (unpaired) electrons. The van der Waals surface area contributed by atoms with Gasteiger partial charge in [-0.2, -0.15) is 4.31 Å². The van der Waals surface area contributed by atoms with Crippen molar-refractivity contribution in [2.75, 3.05) is 12.8 Å². The van der Waals surface area contributed by atoms with Crippen LogP contribution in [0.15, 0.2) is 4.99 Å². The van der Waals surface area contributed by atoms with Gasteiger partial charge in [0, 0.05) is 19.0 Å². The number of nitrogens with two attached hydrogens (primary N) is 1. The Morgan fingerprint density at radius 1 is 1.20 bits per heavy atom. The Labute approximate surface area is 122 Å². The lowest BCUT2D eigenvalue weighted by atomic mass is 9.96. The molecule has 2 N–H and O–H groups in total. The van der Waals surface area contributed by atoms with Crippen LogP contribution in [0.1, 0.15) is 57.8 Å². The number of rotatable bonds is 4. The van der Waals surface area contributed by atoms with Crippen LogP contribution in [-0.2, 0) is 10.0 Å². The molecule has 116 valence electrons. The minimum atomic E-state index is -3.07. The molecule has 2 atom stereocenters. The number of nitrogens with zero attached hydrogens (tertiary/aromatic N) is 2. The largest absolute Gasteiger partial charge is 0.387 e. The average Bonchev–Trinajstić information content (AvgIpc) is 2.60. The molecule has 0 aromatic carbocycles. The van der Waals surface area contributed by atoms with E-state index in [4.69, 9.17) is 5.73 Å². The third kappa shape index (κ3) is 4.45. The van der Waals surface area contributed by atoms with Crippen molar-refractivity contribution in [2.24, 2.45) is 10.7 Å². The van der Waals surface area contributed by atoms with Gasteiger partial charge in [0.15, 0.2) is 0 Å². The molecular weight excluding hydrogens is 274 g/mol. The maximum atomic E-state index is 11.8. The van der Waals surface area contributed by atoms with E-state index in [1.807, 2.05) is 0 Å². The van der Waals surface area contributed by atoms with Crippen LogP contribution in [0, 0.1) is 0 Å². The van der Waals surface area contributed by atoms with Crippen molar-refractivity contribution in [3.63, 3.8) is 0 Å². The van der Waals surface area contributed by atoms with E-state index >= 15 is 0 Å². The summed E-state index contributed by atoms with van der Waals surface area (Å²) in [5.74, 6) is 0.774. The van der Waals surface area contributed by atoms with Crippen LogP contribution in [0.3, 0.4) is 0 Å². The highest BCUT2D eigenvalue weighted by atomic mass is 32.2. The normalized spacial score (nSPS) is 29.8. The Morgan fingerprint density at radius 2 is 1.95 bits per heavy atom. The molecule has 0 spiro atoms. The summed E-state index contributed by atoms with van der Waals surface area (Å²) in [6, 6.07) is 0.458. The summed E-state index contributed by atoms with van der Waals surface area (Å²) in [5.41, 5.74) is 5.87. The second-order valence-electron chi connectivity index (χ2n) is 6.12. The fraction of sp³-hybridized carbons (Fsp3) is 0.929.